The number of guanidine groups is 1. The van der Waals surface area contributed by atoms with E-state index in [0.29, 0.717) is 6.54 Å². The highest BCUT2D eigenvalue weighted by Gasteiger charge is 2.11. The van der Waals surface area contributed by atoms with Crippen LogP contribution in [0.5, 0.6) is 0 Å². The number of rotatable bonds is 7. The average Bonchev–Trinajstić information content (AvgIpc) is 2.46. The second-order valence-corrected chi connectivity index (χ2v) is 4.95. The normalized spacial score (nSPS) is 12.5. The molecule has 21 heavy (non-hydrogen) atoms. The van der Waals surface area contributed by atoms with Crippen molar-refractivity contribution < 1.29 is 4.74 Å². The molecule has 1 aromatic rings. The third kappa shape index (κ3) is 7.87. The number of benzene rings is 1. The molecule has 0 bridgehead atoms. The first-order valence-electron chi connectivity index (χ1n) is 6.94. The third-order valence-corrected chi connectivity index (χ3v) is 3.24. The lowest BCUT2D eigenvalue weighted by Gasteiger charge is -2.19. The highest BCUT2D eigenvalue weighted by Crippen LogP contribution is 2.19. The Kier molecular flexibility index (Phi) is 11.8. The molecule has 1 unspecified atom stereocenters. The van der Waals surface area contributed by atoms with Crippen LogP contribution in [0.3, 0.4) is 0 Å². The fourth-order valence-corrected chi connectivity index (χ4v) is 2.04. The summed E-state index contributed by atoms with van der Waals surface area (Å²) >= 11 is 6.01. The highest BCUT2D eigenvalue weighted by atomic mass is 127. The Hall–Kier alpha value is -0.530. The van der Waals surface area contributed by atoms with Gasteiger partial charge < -0.3 is 15.4 Å². The SMILES string of the molecule is CCCCNC(=NC)NCC(OC)c1cccc(Cl)c1.I. The van der Waals surface area contributed by atoms with Gasteiger partial charge in [-0.15, -0.1) is 24.0 Å². The van der Waals surface area contributed by atoms with Crippen LogP contribution in [0.1, 0.15) is 31.4 Å². The standard InChI is InChI=1S/C15H24ClN3O.HI/c1-4-5-9-18-15(17-2)19-11-14(20-3)12-7-6-8-13(16)10-12;/h6-8,10,14H,4-5,9,11H2,1-3H3,(H2,17,18,19);1H. The van der Waals surface area contributed by atoms with Crippen LogP contribution < -0.4 is 10.6 Å². The molecule has 0 amide bonds. The first kappa shape index (κ1) is 20.5. The van der Waals surface area contributed by atoms with E-state index in [4.69, 9.17) is 16.3 Å². The zero-order valence-corrected chi connectivity index (χ0v) is 15.9. The van der Waals surface area contributed by atoms with Crippen LogP contribution in [0.25, 0.3) is 0 Å². The van der Waals surface area contributed by atoms with Gasteiger partial charge in [0.15, 0.2) is 5.96 Å². The predicted molar refractivity (Wildman–Crippen MR) is 101 cm³/mol. The van der Waals surface area contributed by atoms with Crippen LogP contribution >= 0.6 is 35.6 Å². The van der Waals surface area contributed by atoms with Crippen LogP contribution in [0, 0.1) is 0 Å². The van der Waals surface area contributed by atoms with E-state index < -0.39 is 0 Å². The van der Waals surface area contributed by atoms with E-state index in [1.807, 2.05) is 24.3 Å². The lowest BCUT2D eigenvalue weighted by atomic mass is 10.1. The molecule has 0 aliphatic heterocycles. The molecule has 0 aliphatic carbocycles. The third-order valence-electron chi connectivity index (χ3n) is 3.01. The van der Waals surface area contributed by atoms with E-state index in [0.717, 1.165) is 35.9 Å². The Balaban J connectivity index is 0.00000400. The molecule has 6 heteroatoms. The molecular weight excluding hydrogens is 401 g/mol. The minimum Gasteiger partial charge on any atom is -0.375 e. The van der Waals surface area contributed by atoms with E-state index in [1.54, 1.807) is 14.2 Å². The van der Waals surface area contributed by atoms with Crippen molar-refractivity contribution in [3.05, 3.63) is 34.9 Å². The second-order valence-electron chi connectivity index (χ2n) is 4.51. The van der Waals surface area contributed by atoms with E-state index in [1.165, 1.54) is 0 Å². The van der Waals surface area contributed by atoms with Crippen LogP contribution in [-0.2, 0) is 4.74 Å². The summed E-state index contributed by atoms with van der Waals surface area (Å²) in [5.41, 5.74) is 1.05. The predicted octanol–water partition coefficient (Wildman–Crippen LogP) is 3.61. The average molecular weight is 426 g/mol. The van der Waals surface area contributed by atoms with E-state index >= 15 is 0 Å². The summed E-state index contributed by atoms with van der Waals surface area (Å²) in [6, 6.07) is 7.72. The minimum atomic E-state index is -0.0570. The summed E-state index contributed by atoms with van der Waals surface area (Å²) in [5.74, 6) is 0.794. The van der Waals surface area contributed by atoms with Gasteiger partial charge in [-0.1, -0.05) is 37.1 Å². The van der Waals surface area contributed by atoms with Gasteiger partial charge in [-0.3, -0.25) is 4.99 Å². The number of hydrogen-bond acceptors (Lipinski definition) is 2. The van der Waals surface area contributed by atoms with Crippen molar-refractivity contribution in [3.8, 4) is 0 Å². The number of ether oxygens (including phenoxy) is 1. The quantitative estimate of drug-likeness (QED) is 0.304. The molecule has 0 saturated carbocycles. The van der Waals surface area contributed by atoms with Gasteiger partial charge in [0.2, 0.25) is 0 Å². The Labute approximate surface area is 149 Å². The maximum Gasteiger partial charge on any atom is 0.191 e. The number of methoxy groups -OCH3 is 1. The summed E-state index contributed by atoms with van der Waals surface area (Å²) in [5, 5.41) is 7.26. The Morgan fingerprint density at radius 2 is 2.14 bits per heavy atom. The molecular formula is C15H25ClIN3O. The van der Waals surface area contributed by atoms with E-state index in [-0.39, 0.29) is 30.1 Å². The highest BCUT2D eigenvalue weighted by molar-refractivity contribution is 14.0. The summed E-state index contributed by atoms with van der Waals surface area (Å²) in [6.45, 7) is 3.73. The summed E-state index contributed by atoms with van der Waals surface area (Å²) in [6.07, 6.45) is 2.23. The number of hydrogen-bond donors (Lipinski definition) is 2. The van der Waals surface area contributed by atoms with Gasteiger partial charge in [0.1, 0.15) is 0 Å². The number of unbranched alkanes of at least 4 members (excludes halogenated alkanes) is 1. The molecule has 1 rings (SSSR count). The topological polar surface area (TPSA) is 45.7 Å². The molecule has 4 nitrogen and oxygen atoms in total. The molecule has 0 aromatic heterocycles. The molecule has 0 fully saturated rings. The van der Waals surface area contributed by atoms with Crippen molar-refractivity contribution in [3.63, 3.8) is 0 Å². The lowest BCUT2D eigenvalue weighted by molar-refractivity contribution is 0.106. The molecule has 120 valence electrons. The van der Waals surface area contributed by atoms with Gasteiger partial charge in [-0.25, -0.2) is 0 Å². The minimum absolute atomic E-state index is 0. The molecule has 2 N–H and O–H groups in total. The molecule has 0 radical (unpaired) electrons. The van der Waals surface area contributed by atoms with Gasteiger partial charge in [0.25, 0.3) is 0 Å². The largest absolute Gasteiger partial charge is 0.375 e. The molecule has 1 aromatic carbocycles. The number of nitrogens with one attached hydrogen (secondary N) is 2. The maximum absolute atomic E-state index is 6.01. The molecule has 0 saturated heterocycles. The Bertz CT molecular complexity index is 429. The number of aliphatic imine (C=N–C) groups is 1. The monoisotopic (exact) mass is 425 g/mol. The lowest BCUT2D eigenvalue weighted by Crippen LogP contribution is -2.40. The van der Waals surface area contributed by atoms with Crippen LogP contribution in [0.4, 0.5) is 0 Å². The first-order valence-corrected chi connectivity index (χ1v) is 7.31. The first-order chi connectivity index (χ1) is 9.71. The maximum atomic E-state index is 6.01. The van der Waals surface area contributed by atoms with Crippen LogP contribution in [0.15, 0.2) is 29.3 Å². The molecule has 1 atom stereocenters. The summed E-state index contributed by atoms with van der Waals surface area (Å²) in [4.78, 5) is 4.19. The van der Waals surface area contributed by atoms with Crippen molar-refractivity contribution in [1.29, 1.82) is 0 Å². The number of halogens is 2. The summed E-state index contributed by atoms with van der Waals surface area (Å²) < 4.78 is 5.51. The fourth-order valence-electron chi connectivity index (χ4n) is 1.84. The Morgan fingerprint density at radius 1 is 1.38 bits per heavy atom. The zero-order valence-electron chi connectivity index (χ0n) is 12.9. The van der Waals surface area contributed by atoms with Crippen molar-refractivity contribution >= 4 is 41.5 Å². The van der Waals surface area contributed by atoms with E-state index in [9.17, 15) is 0 Å². The van der Waals surface area contributed by atoms with Crippen LogP contribution in [-0.4, -0.2) is 33.2 Å². The fraction of sp³-hybridized carbons (Fsp3) is 0.533. The van der Waals surface area contributed by atoms with Gasteiger partial charge in [-0.2, -0.15) is 0 Å². The number of nitrogens with zero attached hydrogens (tertiary/aromatic N) is 1. The van der Waals surface area contributed by atoms with Gasteiger partial charge in [0.05, 0.1) is 6.10 Å². The smallest absolute Gasteiger partial charge is 0.191 e. The second kappa shape index (κ2) is 12.1. The Morgan fingerprint density at radius 3 is 2.71 bits per heavy atom. The summed E-state index contributed by atoms with van der Waals surface area (Å²) in [7, 11) is 3.46. The molecule has 0 aliphatic rings. The van der Waals surface area contributed by atoms with Gasteiger partial charge in [-0.05, 0) is 24.1 Å². The molecule has 0 heterocycles. The van der Waals surface area contributed by atoms with Crippen molar-refractivity contribution in [2.24, 2.45) is 4.99 Å². The van der Waals surface area contributed by atoms with Crippen molar-refractivity contribution in [2.45, 2.75) is 25.9 Å². The van der Waals surface area contributed by atoms with Crippen molar-refractivity contribution in [2.75, 3.05) is 27.2 Å². The van der Waals surface area contributed by atoms with Crippen molar-refractivity contribution in [1.82, 2.24) is 10.6 Å². The van der Waals surface area contributed by atoms with Crippen LogP contribution in [0.2, 0.25) is 5.02 Å². The molecule has 0 spiro atoms. The zero-order chi connectivity index (χ0) is 14.8. The van der Waals surface area contributed by atoms with Gasteiger partial charge >= 0.3 is 0 Å². The van der Waals surface area contributed by atoms with E-state index in [2.05, 4.69) is 22.5 Å². The van der Waals surface area contributed by atoms with Gasteiger partial charge in [0, 0.05) is 32.3 Å².